The zero-order chi connectivity index (χ0) is 19.0. The molecular weight excluding hydrogens is 358 g/mol. The smallest absolute Gasteiger partial charge is 0.238 e. The lowest BCUT2D eigenvalue weighted by Crippen LogP contribution is -2.22. The summed E-state index contributed by atoms with van der Waals surface area (Å²) in [7, 11) is 1.64. The lowest BCUT2D eigenvalue weighted by atomic mass is 10.0. The van der Waals surface area contributed by atoms with E-state index in [-0.39, 0.29) is 16.4 Å². The summed E-state index contributed by atoms with van der Waals surface area (Å²) in [6.45, 7) is 3.94. The molecule has 4 rings (SSSR count). The second kappa shape index (κ2) is 7.12. The zero-order valence-corrected chi connectivity index (χ0v) is 16.3. The minimum absolute atomic E-state index is 0.00524. The Morgan fingerprint density at radius 2 is 1.81 bits per heavy atom. The van der Waals surface area contributed by atoms with E-state index in [4.69, 9.17) is 9.84 Å². The number of anilines is 1. The van der Waals surface area contributed by atoms with Gasteiger partial charge in [0.15, 0.2) is 0 Å². The number of hydrogen-bond donors (Lipinski definition) is 1. The number of fused-ring (bicyclic) bond motifs is 1. The van der Waals surface area contributed by atoms with E-state index >= 15 is 0 Å². The van der Waals surface area contributed by atoms with E-state index in [9.17, 15) is 4.79 Å². The monoisotopic (exact) mass is 379 g/mol. The molecule has 2 aromatic carbocycles. The molecule has 0 saturated carbocycles. The Morgan fingerprint density at radius 1 is 1.11 bits per heavy atom. The third-order valence-corrected chi connectivity index (χ3v) is 6.14. The normalized spacial score (nSPS) is 19.1. The van der Waals surface area contributed by atoms with Gasteiger partial charge in [0.25, 0.3) is 0 Å². The predicted molar refractivity (Wildman–Crippen MR) is 109 cm³/mol. The maximum Gasteiger partial charge on any atom is 0.238 e. The van der Waals surface area contributed by atoms with Gasteiger partial charge in [-0.15, -0.1) is 11.8 Å². The van der Waals surface area contributed by atoms with E-state index in [1.165, 1.54) is 5.56 Å². The summed E-state index contributed by atoms with van der Waals surface area (Å²) in [6, 6.07) is 17.9. The number of carbonyl (C=O) groups excluding carboxylic acids is 1. The Labute approximate surface area is 162 Å². The second-order valence-electron chi connectivity index (χ2n) is 6.52. The van der Waals surface area contributed by atoms with Gasteiger partial charge >= 0.3 is 0 Å². The number of rotatable bonds is 3. The zero-order valence-electron chi connectivity index (χ0n) is 15.5. The predicted octanol–water partition coefficient (Wildman–Crippen LogP) is 4.35. The average molecular weight is 379 g/mol. The van der Waals surface area contributed by atoms with Crippen molar-refractivity contribution in [3.63, 3.8) is 0 Å². The second-order valence-corrected chi connectivity index (χ2v) is 7.97. The molecule has 0 saturated heterocycles. The number of nitrogens with one attached hydrogen (secondary N) is 1. The van der Waals surface area contributed by atoms with Crippen LogP contribution in [-0.4, -0.2) is 28.0 Å². The van der Waals surface area contributed by atoms with E-state index in [1.807, 2.05) is 61.0 Å². The minimum atomic E-state index is -0.161. The molecule has 138 valence electrons. The van der Waals surface area contributed by atoms with Crippen LogP contribution in [0.5, 0.6) is 5.75 Å². The van der Waals surface area contributed by atoms with Crippen LogP contribution in [0, 0.1) is 6.92 Å². The van der Waals surface area contributed by atoms with E-state index in [0.29, 0.717) is 0 Å². The van der Waals surface area contributed by atoms with E-state index in [2.05, 4.69) is 17.4 Å². The Bertz CT molecular complexity index is 967. The summed E-state index contributed by atoms with van der Waals surface area (Å²) in [4.78, 5) is 12.7. The standard InChI is InChI=1S/C21H21N3O2S/c1-13-18-19(15-7-5-4-6-8-15)27-14(2)21(25)22-20(18)24(23-13)16-9-11-17(26-3)12-10-16/h4-12,14,19H,1-3H3,(H,22,25). The van der Waals surface area contributed by atoms with Crippen molar-refractivity contribution < 1.29 is 9.53 Å². The molecule has 6 heteroatoms. The van der Waals surface area contributed by atoms with Gasteiger partial charge in [-0.3, -0.25) is 4.79 Å². The largest absolute Gasteiger partial charge is 0.497 e. The van der Waals surface area contributed by atoms with Crippen LogP contribution in [0.15, 0.2) is 54.6 Å². The van der Waals surface area contributed by atoms with E-state index < -0.39 is 0 Å². The van der Waals surface area contributed by atoms with Crippen molar-refractivity contribution in [2.24, 2.45) is 0 Å². The average Bonchev–Trinajstić information content (AvgIpc) is 2.95. The number of ether oxygens (including phenoxy) is 1. The number of aromatic nitrogens is 2. The van der Waals surface area contributed by atoms with Gasteiger partial charge in [-0.25, -0.2) is 4.68 Å². The SMILES string of the molecule is COc1ccc(-n2nc(C)c3c2NC(=O)C(C)SC3c2ccccc2)cc1. The summed E-state index contributed by atoms with van der Waals surface area (Å²) in [5.74, 6) is 1.52. The molecule has 1 amide bonds. The van der Waals surface area contributed by atoms with Crippen molar-refractivity contribution in [1.29, 1.82) is 0 Å². The molecule has 0 spiro atoms. The fourth-order valence-corrected chi connectivity index (χ4v) is 4.63. The highest BCUT2D eigenvalue weighted by atomic mass is 32.2. The number of thioether (sulfide) groups is 1. The Hall–Kier alpha value is -2.73. The fraction of sp³-hybridized carbons (Fsp3) is 0.238. The third kappa shape index (κ3) is 3.21. The van der Waals surface area contributed by atoms with E-state index in [0.717, 1.165) is 28.5 Å². The Morgan fingerprint density at radius 3 is 2.48 bits per heavy atom. The molecule has 0 aliphatic carbocycles. The van der Waals surface area contributed by atoms with Gasteiger partial charge in [0, 0.05) is 5.56 Å². The Kier molecular flexibility index (Phi) is 4.66. The van der Waals surface area contributed by atoms with Crippen molar-refractivity contribution in [3.8, 4) is 11.4 Å². The highest BCUT2D eigenvalue weighted by molar-refractivity contribution is 8.01. The molecule has 1 aliphatic rings. The maximum atomic E-state index is 12.7. The molecule has 1 N–H and O–H groups in total. The topological polar surface area (TPSA) is 56.1 Å². The van der Waals surface area contributed by atoms with Gasteiger partial charge in [0.1, 0.15) is 11.6 Å². The van der Waals surface area contributed by atoms with Crippen LogP contribution in [0.3, 0.4) is 0 Å². The number of amides is 1. The first kappa shape index (κ1) is 17.7. The fourth-order valence-electron chi connectivity index (χ4n) is 3.31. The molecule has 1 aromatic heterocycles. The first-order chi connectivity index (χ1) is 13.1. The van der Waals surface area contributed by atoms with Crippen LogP contribution in [-0.2, 0) is 4.79 Å². The summed E-state index contributed by atoms with van der Waals surface area (Å²) >= 11 is 1.65. The van der Waals surface area contributed by atoms with Crippen molar-refractivity contribution in [2.75, 3.05) is 12.4 Å². The van der Waals surface area contributed by atoms with Crippen molar-refractivity contribution >= 4 is 23.5 Å². The third-order valence-electron chi connectivity index (χ3n) is 4.74. The number of benzene rings is 2. The molecule has 2 unspecified atom stereocenters. The van der Waals surface area contributed by atoms with Crippen LogP contribution >= 0.6 is 11.8 Å². The number of nitrogens with zero attached hydrogens (tertiary/aromatic N) is 2. The first-order valence-corrected chi connectivity index (χ1v) is 9.78. The van der Waals surface area contributed by atoms with Crippen LogP contribution in [0.25, 0.3) is 5.69 Å². The van der Waals surface area contributed by atoms with Gasteiger partial charge in [-0.2, -0.15) is 5.10 Å². The maximum absolute atomic E-state index is 12.7. The first-order valence-electron chi connectivity index (χ1n) is 8.83. The van der Waals surface area contributed by atoms with Gasteiger partial charge in [-0.05, 0) is 43.7 Å². The molecule has 0 bridgehead atoms. The quantitative estimate of drug-likeness (QED) is 0.735. The van der Waals surface area contributed by atoms with Crippen molar-refractivity contribution in [2.45, 2.75) is 24.3 Å². The highest BCUT2D eigenvalue weighted by Crippen LogP contribution is 2.45. The molecular formula is C21H21N3O2S. The lowest BCUT2D eigenvalue weighted by Gasteiger charge is -2.17. The van der Waals surface area contributed by atoms with Crippen LogP contribution < -0.4 is 10.1 Å². The molecule has 5 nitrogen and oxygen atoms in total. The molecule has 27 heavy (non-hydrogen) atoms. The molecule has 2 atom stereocenters. The summed E-state index contributed by atoms with van der Waals surface area (Å²) < 4.78 is 7.06. The Balaban J connectivity index is 1.87. The highest BCUT2D eigenvalue weighted by Gasteiger charge is 2.33. The van der Waals surface area contributed by atoms with Crippen molar-refractivity contribution in [1.82, 2.24) is 9.78 Å². The number of hydrogen-bond acceptors (Lipinski definition) is 4. The van der Waals surface area contributed by atoms with Crippen LogP contribution in [0.4, 0.5) is 5.82 Å². The van der Waals surface area contributed by atoms with Gasteiger partial charge in [0.2, 0.25) is 5.91 Å². The van der Waals surface area contributed by atoms with Gasteiger partial charge in [0.05, 0.1) is 29.0 Å². The van der Waals surface area contributed by atoms with Crippen LogP contribution in [0.2, 0.25) is 0 Å². The number of carbonyl (C=O) groups is 1. The molecule has 0 radical (unpaired) electrons. The summed E-state index contributed by atoms with van der Waals surface area (Å²) in [5, 5.41) is 7.72. The molecule has 2 heterocycles. The summed E-state index contributed by atoms with van der Waals surface area (Å²) in [6.07, 6.45) is 0. The molecule has 1 aliphatic heterocycles. The van der Waals surface area contributed by atoms with Crippen LogP contribution in [0.1, 0.15) is 29.0 Å². The van der Waals surface area contributed by atoms with Gasteiger partial charge < -0.3 is 10.1 Å². The molecule has 3 aromatic rings. The minimum Gasteiger partial charge on any atom is -0.497 e. The lowest BCUT2D eigenvalue weighted by molar-refractivity contribution is -0.115. The van der Waals surface area contributed by atoms with E-state index in [1.54, 1.807) is 18.9 Å². The number of aryl methyl sites for hydroxylation is 1. The summed E-state index contributed by atoms with van der Waals surface area (Å²) in [5.41, 5.74) is 4.02. The number of methoxy groups -OCH3 is 1. The van der Waals surface area contributed by atoms with Gasteiger partial charge in [-0.1, -0.05) is 30.3 Å². The van der Waals surface area contributed by atoms with Crippen molar-refractivity contribution in [3.05, 3.63) is 71.4 Å². The molecule has 0 fully saturated rings.